The van der Waals surface area contributed by atoms with Crippen LogP contribution in [0.25, 0.3) is 11.0 Å². The second-order valence-electron chi connectivity index (χ2n) is 8.57. The lowest BCUT2D eigenvalue weighted by atomic mass is 10.1. The first-order valence-electron chi connectivity index (χ1n) is 9.53. The molecule has 8 heteroatoms. The third-order valence-corrected chi connectivity index (χ3v) is 5.37. The van der Waals surface area contributed by atoms with Crippen LogP contribution in [-0.4, -0.2) is 39.4 Å². The number of likely N-dealkylation sites (tertiary alicyclic amines) is 1. The van der Waals surface area contributed by atoms with Crippen molar-refractivity contribution in [3.63, 3.8) is 0 Å². The Morgan fingerprint density at radius 2 is 1.93 bits per heavy atom. The number of ether oxygens (including phenoxy) is 1. The van der Waals surface area contributed by atoms with Gasteiger partial charge in [0, 0.05) is 12.5 Å². The molecule has 1 N–H and O–H groups in total. The van der Waals surface area contributed by atoms with Crippen LogP contribution in [0.1, 0.15) is 56.6 Å². The summed E-state index contributed by atoms with van der Waals surface area (Å²) in [7, 11) is 0. The zero-order chi connectivity index (χ0) is 20.2. The lowest BCUT2D eigenvalue weighted by Crippen LogP contribution is -2.36. The van der Waals surface area contributed by atoms with Crippen LogP contribution >= 0.6 is 0 Å². The molecule has 0 saturated carbocycles. The predicted molar refractivity (Wildman–Crippen MR) is 97.9 cm³/mol. The quantitative estimate of drug-likeness (QED) is 0.790. The highest BCUT2D eigenvalue weighted by Gasteiger charge is 2.37. The largest absolute Gasteiger partial charge is 0.444 e. The molecule has 2 aliphatic rings. The highest BCUT2D eigenvalue weighted by atomic mass is 19.1. The number of H-pyrrole nitrogens is 1. The van der Waals surface area contributed by atoms with Gasteiger partial charge in [-0.3, -0.25) is 4.90 Å². The van der Waals surface area contributed by atoms with Crippen molar-refractivity contribution < 1.29 is 23.1 Å². The zero-order valence-corrected chi connectivity index (χ0v) is 16.1. The van der Waals surface area contributed by atoms with E-state index in [1.54, 1.807) is 25.7 Å². The Kier molecular flexibility index (Phi) is 4.39. The van der Waals surface area contributed by atoms with Crippen LogP contribution < -0.4 is 0 Å². The van der Waals surface area contributed by atoms with E-state index in [0.29, 0.717) is 18.8 Å². The van der Waals surface area contributed by atoms with Crippen molar-refractivity contribution in [2.24, 2.45) is 5.92 Å². The molecule has 0 bridgehead atoms. The number of benzene rings is 1. The summed E-state index contributed by atoms with van der Waals surface area (Å²) in [4.78, 5) is 32.3. The first-order chi connectivity index (χ1) is 13.2. The van der Waals surface area contributed by atoms with Gasteiger partial charge in [0.05, 0.1) is 6.04 Å². The van der Waals surface area contributed by atoms with Crippen LogP contribution in [-0.2, 0) is 22.4 Å². The predicted octanol–water partition coefficient (Wildman–Crippen LogP) is 3.83. The maximum absolute atomic E-state index is 15.0. The molecule has 4 rings (SSSR count). The van der Waals surface area contributed by atoms with Gasteiger partial charge in [-0.1, -0.05) is 0 Å². The molecule has 2 aromatic rings. The average Bonchev–Trinajstić information content (AvgIpc) is 3.34. The van der Waals surface area contributed by atoms with E-state index >= 15 is 0 Å². The zero-order valence-electron chi connectivity index (χ0n) is 16.1. The Bertz CT molecular complexity index is 915. The van der Waals surface area contributed by atoms with Gasteiger partial charge in [-0.15, -0.1) is 0 Å². The maximum Gasteiger partial charge on any atom is 0.410 e. The number of imidazole rings is 1. The highest BCUT2D eigenvalue weighted by molar-refractivity contribution is 5.80. The number of hydrogen-bond donors (Lipinski definition) is 1. The summed E-state index contributed by atoms with van der Waals surface area (Å²) in [5, 5.41) is 0. The molecule has 28 heavy (non-hydrogen) atoms. The second-order valence-corrected chi connectivity index (χ2v) is 8.57. The molecule has 1 aliphatic carbocycles. The van der Waals surface area contributed by atoms with Gasteiger partial charge in [-0.25, -0.2) is 18.6 Å². The Labute approximate surface area is 161 Å². The number of aldehydes is 1. The van der Waals surface area contributed by atoms with E-state index in [-0.39, 0.29) is 35.0 Å². The van der Waals surface area contributed by atoms with Gasteiger partial charge in [0.1, 0.15) is 28.7 Å². The fourth-order valence-electron chi connectivity index (χ4n) is 4.13. The van der Waals surface area contributed by atoms with Crippen LogP contribution in [0.15, 0.2) is 0 Å². The van der Waals surface area contributed by atoms with Crippen LogP contribution in [0.4, 0.5) is 13.6 Å². The second kappa shape index (κ2) is 6.53. The number of hydrogen-bond acceptors (Lipinski definition) is 4. The molecule has 0 spiro atoms. The molecule has 1 saturated heterocycles. The van der Waals surface area contributed by atoms with E-state index < -0.39 is 35.3 Å². The molecule has 1 amide bonds. The van der Waals surface area contributed by atoms with Gasteiger partial charge in [0.2, 0.25) is 0 Å². The molecule has 0 radical (unpaired) electrons. The van der Waals surface area contributed by atoms with Crippen LogP contribution in [0.3, 0.4) is 0 Å². The molecular formula is C20H23F2N3O3. The summed E-state index contributed by atoms with van der Waals surface area (Å²) in [5.74, 6) is -1.19. The Balaban J connectivity index is 1.71. The topological polar surface area (TPSA) is 75.3 Å². The number of halogens is 2. The van der Waals surface area contributed by atoms with Crippen molar-refractivity contribution in [2.45, 2.75) is 58.1 Å². The number of aromatic nitrogens is 2. The third-order valence-electron chi connectivity index (χ3n) is 5.37. The molecular weight excluding hydrogens is 368 g/mol. The summed E-state index contributed by atoms with van der Waals surface area (Å²) >= 11 is 0. The molecule has 1 fully saturated rings. The molecule has 1 aliphatic heterocycles. The molecule has 6 nitrogen and oxygen atoms in total. The first kappa shape index (κ1) is 18.8. The van der Waals surface area contributed by atoms with Gasteiger partial charge in [-0.05, 0) is 57.6 Å². The number of carbonyl (C=O) groups excluding carboxylic acids is 2. The summed E-state index contributed by atoms with van der Waals surface area (Å²) in [6.07, 6.45) is 2.04. The van der Waals surface area contributed by atoms with E-state index in [1.807, 2.05) is 0 Å². The third kappa shape index (κ3) is 3.04. The maximum atomic E-state index is 15.0. The lowest BCUT2D eigenvalue weighted by Gasteiger charge is -2.27. The minimum Gasteiger partial charge on any atom is -0.444 e. The Hall–Kier alpha value is -2.51. The average molecular weight is 391 g/mol. The monoisotopic (exact) mass is 391 g/mol. The first-order valence-corrected chi connectivity index (χ1v) is 9.53. The minimum absolute atomic E-state index is 0.00571. The summed E-state index contributed by atoms with van der Waals surface area (Å²) in [5.41, 5.74) is -0.238. The highest BCUT2D eigenvalue weighted by Crippen LogP contribution is 2.38. The molecule has 2 atom stereocenters. The van der Waals surface area contributed by atoms with E-state index in [1.165, 1.54) is 0 Å². The van der Waals surface area contributed by atoms with Crippen LogP contribution in [0.5, 0.6) is 0 Å². The van der Waals surface area contributed by atoms with Crippen molar-refractivity contribution in [2.75, 3.05) is 6.54 Å². The van der Waals surface area contributed by atoms with Gasteiger partial charge in [-0.2, -0.15) is 0 Å². The van der Waals surface area contributed by atoms with Gasteiger partial charge in [0.25, 0.3) is 0 Å². The number of nitrogens with zero attached hydrogens (tertiary/aromatic N) is 2. The standard InChI is InChI=1S/C20H23F2N3O3/c1-20(2,3)28-19(27)25-6-4-5-13(25)18-23-16-14(21)11-7-10(9-26)8-12(11)15(22)17(16)24-18/h9-10,13H,4-8H2,1-3H3,(H,23,24)/t13-/m1/s1. The SMILES string of the molecule is CC(C)(C)OC(=O)N1CCC[C@@H]1c1nc2c(F)c3c(c(F)c2[nH]1)CC(C=O)C3. The van der Waals surface area contributed by atoms with Crippen LogP contribution in [0.2, 0.25) is 0 Å². The number of fused-ring (bicyclic) bond motifs is 2. The van der Waals surface area contributed by atoms with Crippen molar-refractivity contribution in [1.29, 1.82) is 0 Å². The molecule has 1 unspecified atom stereocenters. The van der Waals surface area contributed by atoms with Gasteiger partial charge < -0.3 is 14.5 Å². The fraction of sp³-hybridized carbons (Fsp3) is 0.550. The molecule has 1 aromatic carbocycles. The fourth-order valence-corrected chi connectivity index (χ4v) is 4.13. The Morgan fingerprint density at radius 1 is 1.25 bits per heavy atom. The molecule has 150 valence electrons. The van der Waals surface area contributed by atoms with Crippen molar-refractivity contribution in [3.8, 4) is 0 Å². The Morgan fingerprint density at radius 3 is 2.57 bits per heavy atom. The van der Waals surface area contributed by atoms with E-state index in [0.717, 1.165) is 12.7 Å². The molecule has 2 heterocycles. The van der Waals surface area contributed by atoms with Gasteiger partial charge in [0.15, 0.2) is 11.6 Å². The molecule has 1 aromatic heterocycles. The van der Waals surface area contributed by atoms with Crippen molar-refractivity contribution in [1.82, 2.24) is 14.9 Å². The van der Waals surface area contributed by atoms with E-state index in [4.69, 9.17) is 4.74 Å². The van der Waals surface area contributed by atoms with Crippen molar-refractivity contribution >= 4 is 23.4 Å². The van der Waals surface area contributed by atoms with E-state index in [9.17, 15) is 18.4 Å². The van der Waals surface area contributed by atoms with E-state index in [2.05, 4.69) is 9.97 Å². The summed E-state index contributed by atoms with van der Waals surface area (Å²) in [6, 6.07) is -0.418. The smallest absolute Gasteiger partial charge is 0.410 e. The number of amides is 1. The normalized spacial score (nSPS) is 20.0. The lowest BCUT2D eigenvalue weighted by molar-refractivity contribution is -0.110. The van der Waals surface area contributed by atoms with Gasteiger partial charge >= 0.3 is 6.09 Å². The summed E-state index contributed by atoms with van der Waals surface area (Å²) < 4.78 is 35.4. The minimum atomic E-state index is -0.633. The number of aromatic amines is 1. The summed E-state index contributed by atoms with van der Waals surface area (Å²) in [6.45, 7) is 5.86. The van der Waals surface area contributed by atoms with Crippen molar-refractivity contribution in [3.05, 3.63) is 28.6 Å². The number of carbonyl (C=O) groups is 2. The number of nitrogens with one attached hydrogen (secondary N) is 1. The number of rotatable bonds is 2. The van der Waals surface area contributed by atoms with Crippen LogP contribution in [0, 0.1) is 17.6 Å².